The molecule has 0 unspecified atom stereocenters. The van der Waals surface area contributed by atoms with Gasteiger partial charge in [0, 0.05) is 30.7 Å². The number of rotatable bonds is 7. The average molecular weight is 497 g/mol. The van der Waals surface area contributed by atoms with Crippen LogP contribution >= 0.6 is 11.6 Å². The highest BCUT2D eigenvalue weighted by atomic mass is 35.5. The fourth-order valence-electron chi connectivity index (χ4n) is 4.97. The largest absolute Gasteiger partial charge is 0.412 e. The van der Waals surface area contributed by atoms with E-state index in [-0.39, 0.29) is 29.3 Å². The van der Waals surface area contributed by atoms with Gasteiger partial charge in [0.15, 0.2) is 0 Å². The second-order valence-corrected chi connectivity index (χ2v) is 10.6. The van der Waals surface area contributed by atoms with Crippen LogP contribution in [-0.4, -0.2) is 47.0 Å². The Balaban J connectivity index is 0. The minimum absolute atomic E-state index is 0. The molecule has 0 aliphatic carbocycles. The Morgan fingerprint density at radius 3 is 2.21 bits per heavy atom. The zero-order valence-corrected chi connectivity index (χ0v) is 21.9. The maximum Gasteiger partial charge on any atom is 0.0406 e. The van der Waals surface area contributed by atoms with E-state index in [0.29, 0.717) is 17.9 Å². The summed E-state index contributed by atoms with van der Waals surface area (Å²) in [6.45, 7) is 18.3. The van der Waals surface area contributed by atoms with Crippen LogP contribution in [-0.2, 0) is 6.54 Å². The quantitative estimate of drug-likeness (QED) is 0.596. The van der Waals surface area contributed by atoms with E-state index in [9.17, 15) is 0 Å². The smallest absolute Gasteiger partial charge is 0.0406 e. The molecule has 5 nitrogen and oxygen atoms in total. The topological polar surface area (TPSA) is 110 Å². The van der Waals surface area contributed by atoms with Crippen LogP contribution in [0.1, 0.15) is 69.7 Å². The molecule has 0 amide bonds. The van der Waals surface area contributed by atoms with Crippen LogP contribution in [0.15, 0.2) is 42.5 Å². The number of likely N-dealkylation sites (tertiary alicyclic amines) is 1. The highest BCUT2D eigenvalue weighted by Crippen LogP contribution is 2.42. The van der Waals surface area contributed by atoms with Crippen molar-refractivity contribution in [3.05, 3.63) is 69.7 Å². The Kier molecular flexibility index (Phi) is 15.1. The predicted molar refractivity (Wildman–Crippen MR) is 148 cm³/mol. The first kappa shape index (κ1) is 34.7. The summed E-state index contributed by atoms with van der Waals surface area (Å²) in [4.78, 5) is 2.67. The van der Waals surface area contributed by atoms with Crippen LogP contribution in [0.3, 0.4) is 0 Å². The lowest BCUT2D eigenvalue weighted by Gasteiger charge is -2.46. The van der Waals surface area contributed by atoms with Gasteiger partial charge in [-0.25, -0.2) is 0 Å². The van der Waals surface area contributed by atoms with Gasteiger partial charge in [-0.15, -0.1) is 0 Å². The molecule has 2 aromatic rings. The molecular weight excluding hydrogens is 448 g/mol. The van der Waals surface area contributed by atoms with E-state index in [1.165, 1.54) is 28.7 Å². The third-order valence-electron chi connectivity index (χ3n) is 7.11. The van der Waals surface area contributed by atoms with Crippen LogP contribution < -0.4 is 5.32 Å². The number of benzene rings is 2. The molecule has 1 heterocycles. The van der Waals surface area contributed by atoms with E-state index in [2.05, 4.69) is 82.1 Å². The summed E-state index contributed by atoms with van der Waals surface area (Å²) in [5.74, 6) is 1.19. The fourth-order valence-corrected chi connectivity index (χ4v) is 5.10. The first-order valence-corrected chi connectivity index (χ1v) is 11.8. The molecule has 1 aliphatic heterocycles. The van der Waals surface area contributed by atoms with E-state index in [1.54, 1.807) is 0 Å². The van der Waals surface area contributed by atoms with Crippen molar-refractivity contribution in [2.45, 2.75) is 73.9 Å². The first-order valence-electron chi connectivity index (χ1n) is 11.4. The number of nitrogens with one attached hydrogen (secondary N) is 1. The predicted octanol–water partition coefficient (Wildman–Crippen LogP) is 4.75. The Morgan fingerprint density at radius 1 is 1.03 bits per heavy atom. The second-order valence-electron chi connectivity index (χ2n) is 10.2. The lowest BCUT2D eigenvalue weighted by Crippen LogP contribution is -2.51. The van der Waals surface area contributed by atoms with Gasteiger partial charge in [-0.1, -0.05) is 77.1 Å². The molecule has 196 valence electrons. The fraction of sp³-hybridized carbons (Fsp3) is 0.571. The zero-order valence-electron chi connectivity index (χ0n) is 21.1. The number of piperidine rings is 1. The van der Waals surface area contributed by atoms with Crippen LogP contribution in [0.4, 0.5) is 0 Å². The van der Waals surface area contributed by atoms with Crippen molar-refractivity contribution < 1.29 is 16.4 Å². The van der Waals surface area contributed by atoms with E-state index < -0.39 is 0 Å². The first-order chi connectivity index (χ1) is 14.2. The summed E-state index contributed by atoms with van der Waals surface area (Å²) in [5, 5.41) is 4.69. The van der Waals surface area contributed by atoms with Crippen molar-refractivity contribution in [2.75, 3.05) is 19.6 Å². The van der Waals surface area contributed by atoms with Crippen LogP contribution in [0.5, 0.6) is 0 Å². The molecule has 2 aromatic carbocycles. The van der Waals surface area contributed by atoms with Crippen LogP contribution in [0.2, 0.25) is 5.02 Å². The molecule has 7 N–H and O–H groups in total. The van der Waals surface area contributed by atoms with Gasteiger partial charge < -0.3 is 26.6 Å². The van der Waals surface area contributed by atoms with Gasteiger partial charge in [-0.2, -0.15) is 0 Å². The minimum atomic E-state index is 0. The number of hydrogen-bond acceptors (Lipinski definition) is 2. The summed E-state index contributed by atoms with van der Waals surface area (Å²) in [6.07, 6.45) is 1.20. The van der Waals surface area contributed by atoms with Gasteiger partial charge in [-0.3, -0.25) is 0 Å². The maximum absolute atomic E-state index is 6.11. The summed E-state index contributed by atoms with van der Waals surface area (Å²) in [7, 11) is 0. The molecular formula is C28H49ClN2O3. The Morgan fingerprint density at radius 2 is 1.65 bits per heavy atom. The molecule has 0 spiro atoms. The molecule has 34 heavy (non-hydrogen) atoms. The van der Waals surface area contributed by atoms with Gasteiger partial charge in [0.2, 0.25) is 0 Å². The normalized spacial score (nSPS) is 18.1. The van der Waals surface area contributed by atoms with Crippen molar-refractivity contribution in [1.82, 2.24) is 10.2 Å². The van der Waals surface area contributed by atoms with Gasteiger partial charge in [-0.05, 0) is 78.5 Å². The van der Waals surface area contributed by atoms with Crippen molar-refractivity contribution >= 4 is 11.6 Å². The summed E-state index contributed by atoms with van der Waals surface area (Å²) in [5.41, 5.74) is 5.89. The Bertz CT molecular complexity index is 840. The molecule has 6 heteroatoms. The molecule has 2 atom stereocenters. The van der Waals surface area contributed by atoms with Crippen molar-refractivity contribution in [2.24, 2.45) is 11.3 Å². The van der Waals surface area contributed by atoms with Gasteiger partial charge in [0.25, 0.3) is 0 Å². The highest BCUT2D eigenvalue weighted by molar-refractivity contribution is 6.30. The van der Waals surface area contributed by atoms with Gasteiger partial charge in [0.05, 0.1) is 0 Å². The van der Waals surface area contributed by atoms with Crippen molar-refractivity contribution in [1.29, 1.82) is 0 Å². The summed E-state index contributed by atoms with van der Waals surface area (Å²) < 4.78 is 0. The summed E-state index contributed by atoms with van der Waals surface area (Å²) >= 11 is 6.11. The summed E-state index contributed by atoms with van der Waals surface area (Å²) in [6, 6.07) is 15.6. The van der Waals surface area contributed by atoms with Gasteiger partial charge >= 0.3 is 0 Å². The van der Waals surface area contributed by atoms with E-state index >= 15 is 0 Å². The molecule has 3 rings (SSSR count). The zero-order chi connectivity index (χ0) is 21.9. The lowest BCUT2D eigenvalue weighted by atomic mass is 9.70. The number of halogens is 1. The standard InChI is InChI=1S/C27H39ClN2.CH4.3H2O/c1-19(2)26(29-16-23-9-7-8-20(3)21(23)4)17-30-15-14-25(27(5,6)18-30)22-10-12-24(28)13-11-22;;;;/h7-13,19,25-26,29H,14-18H2,1-6H3;1H4;3*1H2/t25-,26+;;;;/m1..../s1. The van der Waals surface area contributed by atoms with Crippen molar-refractivity contribution in [3.8, 4) is 0 Å². The van der Waals surface area contributed by atoms with E-state index in [4.69, 9.17) is 11.6 Å². The molecule has 0 aromatic heterocycles. The van der Waals surface area contributed by atoms with Crippen LogP contribution in [0.25, 0.3) is 0 Å². The van der Waals surface area contributed by atoms with E-state index in [0.717, 1.165) is 31.2 Å². The third-order valence-corrected chi connectivity index (χ3v) is 7.36. The Hall–Kier alpha value is -1.47. The monoisotopic (exact) mass is 496 g/mol. The SMILES string of the molecule is C.Cc1cccc(CN[C@@H](CN2CC[C@H](c3ccc(Cl)cc3)C(C)(C)C2)C(C)C)c1C.O.O.O. The molecule has 1 fully saturated rings. The van der Waals surface area contributed by atoms with Crippen molar-refractivity contribution in [3.63, 3.8) is 0 Å². The number of aryl methyl sites for hydroxylation is 1. The molecule has 0 radical (unpaired) electrons. The molecule has 0 bridgehead atoms. The third kappa shape index (κ3) is 8.63. The lowest BCUT2D eigenvalue weighted by molar-refractivity contribution is 0.0791. The maximum atomic E-state index is 6.11. The number of hydrogen-bond donors (Lipinski definition) is 1. The minimum Gasteiger partial charge on any atom is -0.412 e. The van der Waals surface area contributed by atoms with Crippen LogP contribution in [0, 0.1) is 25.2 Å². The second kappa shape index (κ2) is 14.8. The van der Waals surface area contributed by atoms with Gasteiger partial charge in [0.1, 0.15) is 0 Å². The molecule has 1 aliphatic rings. The highest BCUT2D eigenvalue weighted by Gasteiger charge is 2.37. The average Bonchev–Trinajstić information content (AvgIpc) is 2.68. The molecule has 1 saturated heterocycles. The number of nitrogens with zero attached hydrogens (tertiary/aromatic N) is 1. The van der Waals surface area contributed by atoms with E-state index in [1.807, 2.05) is 12.1 Å². The Labute approximate surface area is 212 Å². The molecule has 0 saturated carbocycles.